The van der Waals surface area contributed by atoms with E-state index in [2.05, 4.69) is 6.58 Å². The van der Waals surface area contributed by atoms with Crippen LogP contribution >= 0.6 is 0 Å². The number of benzene rings is 1. The third kappa shape index (κ3) is 2.86. The summed E-state index contributed by atoms with van der Waals surface area (Å²) in [6.45, 7) is 5.36. The Hall–Kier alpha value is -1.37. The Bertz CT molecular complexity index is 313. The van der Waals surface area contributed by atoms with Crippen molar-refractivity contribution in [2.24, 2.45) is 0 Å². The molecule has 0 spiro atoms. The zero-order chi connectivity index (χ0) is 9.68. The van der Waals surface area contributed by atoms with E-state index in [1.165, 1.54) is 5.56 Å². The van der Waals surface area contributed by atoms with Gasteiger partial charge in [0, 0.05) is 6.42 Å². The number of ketones is 1. The molecule has 1 nitrogen and oxygen atoms in total. The summed E-state index contributed by atoms with van der Waals surface area (Å²) >= 11 is 0. The van der Waals surface area contributed by atoms with Crippen molar-refractivity contribution < 1.29 is 4.79 Å². The zero-order valence-corrected chi connectivity index (χ0v) is 7.92. The molecule has 0 unspecified atom stereocenters. The number of hydrogen-bond acceptors (Lipinski definition) is 1. The maximum absolute atomic E-state index is 10.8. The van der Waals surface area contributed by atoms with Gasteiger partial charge >= 0.3 is 0 Å². The predicted molar refractivity (Wildman–Crippen MR) is 55.5 cm³/mol. The Balaban J connectivity index is 2.75. The number of hydrogen-bond donors (Lipinski definition) is 0. The summed E-state index contributed by atoms with van der Waals surface area (Å²) in [6, 6.07) is 8.03. The molecule has 1 rings (SSSR count). The van der Waals surface area contributed by atoms with Gasteiger partial charge in [0.25, 0.3) is 0 Å². The normalized spacial score (nSPS) is 9.62. The number of rotatable bonds is 4. The van der Waals surface area contributed by atoms with E-state index >= 15 is 0 Å². The number of Topliss-reactive ketones (excluding diaryl/α,β-unsaturated/α-hetero) is 1. The maximum atomic E-state index is 10.8. The molecule has 0 aromatic heterocycles. The van der Waals surface area contributed by atoms with Crippen LogP contribution in [0.4, 0.5) is 0 Å². The SMILES string of the molecule is C=Cc1ccccc1CCC(C)=O. The Kier molecular flexibility index (Phi) is 3.44. The second-order valence-corrected chi connectivity index (χ2v) is 3.10. The molecule has 0 aliphatic rings. The van der Waals surface area contributed by atoms with Gasteiger partial charge in [-0.05, 0) is 24.5 Å². The second-order valence-electron chi connectivity index (χ2n) is 3.10. The van der Waals surface area contributed by atoms with Crippen LogP contribution in [-0.4, -0.2) is 5.78 Å². The third-order valence-corrected chi connectivity index (χ3v) is 2.02. The predicted octanol–water partition coefficient (Wildman–Crippen LogP) is 2.85. The molecule has 0 radical (unpaired) electrons. The van der Waals surface area contributed by atoms with Crippen molar-refractivity contribution in [3.8, 4) is 0 Å². The maximum Gasteiger partial charge on any atom is 0.130 e. The van der Waals surface area contributed by atoms with Crippen LogP contribution in [0, 0.1) is 0 Å². The molecule has 0 aliphatic carbocycles. The molecule has 0 saturated heterocycles. The summed E-state index contributed by atoms with van der Waals surface area (Å²) in [5.74, 6) is 0.235. The molecular formula is C12H14O. The molecule has 0 aliphatic heterocycles. The molecule has 0 heterocycles. The van der Waals surface area contributed by atoms with Crippen LogP contribution in [0.1, 0.15) is 24.5 Å². The van der Waals surface area contributed by atoms with E-state index in [4.69, 9.17) is 0 Å². The fraction of sp³-hybridized carbons (Fsp3) is 0.250. The molecule has 0 amide bonds. The van der Waals surface area contributed by atoms with Crippen molar-refractivity contribution in [2.75, 3.05) is 0 Å². The molecule has 1 aromatic carbocycles. The molecule has 1 heteroatoms. The average molecular weight is 174 g/mol. The van der Waals surface area contributed by atoms with Gasteiger partial charge in [0.1, 0.15) is 5.78 Å². The lowest BCUT2D eigenvalue weighted by Gasteiger charge is -2.03. The Labute approximate surface area is 79.1 Å². The van der Waals surface area contributed by atoms with Gasteiger partial charge in [-0.25, -0.2) is 0 Å². The molecule has 0 bridgehead atoms. The molecule has 0 saturated carbocycles. The quantitative estimate of drug-likeness (QED) is 0.686. The number of carbonyl (C=O) groups is 1. The fourth-order valence-electron chi connectivity index (χ4n) is 1.27. The zero-order valence-electron chi connectivity index (χ0n) is 7.92. The van der Waals surface area contributed by atoms with Gasteiger partial charge in [-0.15, -0.1) is 0 Å². The van der Waals surface area contributed by atoms with E-state index in [1.807, 2.05) is 30.3 Å². The topological polar surface area (TPSA) is 17.1 Å². The summed E-state index contributed by atoms with van der Waals surface area (Å²) in [5, 5.41) is 0. The van der Waals surface area contributed by atoms with E-state index in [1.54, 1.807) is 6.92 Å². The molecule has 1 aromatic rings. The smallest absolute Gasteiger partial charge is 0.130 e. The van der Waals surface area contributed by atoms with Gasteiger partial charge in [-0.3, -0.25) is 0 Å². The highest BCUT2D eigenvalue weighted by Gasteiger charge is 1.99. The van der Waals surface area contributed by atoms with Crippen LogP contribution in [-0.2, 0) is 11.2 Å². The van der Waals surface area contributed by atoms with Gasteiger partial charge in [0.05, 0.1) is 0 Å². The molecule has 13 heavy (non-hydrogen) atoms. The van der Waals surface area contributed by atoms with E-state index in [-0.39, 0.29) is 5.78 Å². The van der Waals surface area contributed by atoms with Crippen LogP contribution in [0.3, 0.4) is 0 Å². The Morgan fingerprint density at radius 3 is 2.77 bits per heavy atom. The van der Waals surface area contributed by atoms with Crippen molar-refractivity contribution in [1.82, 2.24) is 0 Å². The van der Waals surface area contributed by atoms with E-state index in [0.29, 0.717) is 6.42 Å². The third-order valence-electron chi connectivity index (χ3n) is 2.02. The summed E-state index contributed by atoms with van der Waals surface area (Å²) in [4.78, 5) is 10.8. The first kappa shape index (κ1) is 9.72. The van der Waals surface area contributed by atoms with Crippen LogP contribution in [0.2, 0.25) is 0 Å². The fourth-order valence-corrected chi connectivity index (χ4v) is 1.27. The van der Waals surface area contributed by atoms with Gasteiger partial charge in [0.15, 0.2) is 0 Å². The van der Waals surface area contributed by atoms with Crippen LogP contribution in [0.15, 0.2) is 30.8 Å². The van der Waals surface area contributed by atoms with Gasteiger partial charge in [-0.1, -0.05) is 36.9 Å². The van der Waals surface area contributed by atoms with Crippen molar-refractivity contribution in [3.05, 3.63) is 42.0 Å². The highest BCUT2D eigenvalue weighted by molar-refractivity contribution is 5.75. The lowest BCUT2D eigenvalue weighted by Crippen LogP contribution is -1.95. The van der Waals surface area contributed by atoms with Crippen LogP contribution < -0.4 is 0 Å². The minimum absolute atomic E-state index is 0.235. The van der Waals surface area contributed by atoms with Crippen LogP contribution in [0.25, 0.3) is 6.08 Å². The van der Waals surface area contributed by atoms with Gasteiger partial charge in [0.2, 0.25) is 0 Å². The molecular weight excluding hydrogens is 160 g/mol. The number of carbonyl (C=O) groups excluding carboxylic acids is 1. The highest BCUT2D eigenvalue weighted by atomic mass is 16.1. The summed E-state index contributed by atoms with van der Waals surface area (Å²) < 4.78 is 0. The van der Waals surface area contributed by atoms with Crippen molar-refractivity contribution in [3.63, 3.8) is 0 Å². The summed E-state index contributed by atoms with van der Waals surface area (Å²) in [7, 11) is 0. The number of aryl methyl sites for hydroxylation is 1. The first-order valence-electron chi connectivity index (χ1n) is 4.44. The minimum Gasteiger partial charge on any atom is -0.300 e. The molecule has 0 fully saturated rings. The monoisotopic (exact) mass is 174 g/mol. The van der Waals surface area contributed by atoms with E-state index in [0.717, 1.165) is 12.0 Å². The average Bonchev–Trinajstić information content (AvgIpc) is 2.15. The van der Waals surface area contributed by atoms with Crippen molar-refractivity contribution in [2.45, 2.75) is 19.8 Å². The van der Waals surface area contributed by atoms with E-state index < -0.39 is 0 Å². The van der Waals surface area contributed by atoms with Crippen LogP contribution in [0.5, 0.6) is 0 Å². The summed E-state index contributed by atoms with van der Waals surface area (Å²) in [6.07, 6.45) is 3.26. The largest absolute Gasteiger partial charge is 0.300 e. The standard InChI is InChI=1S/C12H14O/c1-3-11-6-4-5-7-12(11)9-8-10(2)13/h3-7H,1,8-9H2,2H3. The first-order valence-corrected chi connectivity index (χ1v) is 4.44. The Morgan fingerprint density at radius 2 is 2.15 bits per heavy atom. The lowest BCUT2D eigenvalue weighted by molar-refractivity contribution is -0.116. The minimum atomic E-state index is 0.235. The lowest BCUT2D eigenvalue weighted by atomic mass is 10.0. The molecule has 68 valence electrons. The summed E-state index contributed by atoms with van der Waals surface area (Å²) in [5.41, 5.74) is 2.33. The highest BCUT2D eigenvalue weighted by Crippen LogP contribution is 2.12. The molecule has 0 atom stereocenters. The van der Waals surface area contributed by atoms with Gasteiger partial charge < -0.3 is 4.79 Å². The van der Waals surface area contributed by atoms with Crippen molar-refractivity contribution in [1.29, 1.82) is 0 Å². The molecule has 0 N–H and O–H groups in total. The Morgan fingerprint density at radius 1 is 1.46 bits per heavy atom. The van der Waals surface area contributed by atoms with E-state index in [9.17, 15) is 4.79 Å². The van der Waals surface area contributed by atoms with Crippen molar-refractivity contribution >= 4 is 11.9 Å². The second kappa shape index (κ2) is 4.61. The van der Waals surface area contributed by atoms with Gasteiger partial charge in [-0.2, -0.15) is 0 Å². The first-order chi connectivity index (χ1) is 6.24.